The lowest BCUT2D eigenvalue weighted by Gasteiger charge is -2.08. The number of hydrogen-bond donors (Lipinski definition) is 2. The second-order valence-electron chi connectivity index (χ2n) is 4.52. The molecule has 1 rings (SSSR count). The molecule has 0 aliphatic heterocycles. The highest BCUT2D eigenvalue weighted by Crippen LogP contribution is 2.13. The fraction of sp³-hybridized carbons (Fsp3) is 0.571. The quantitative estimate of drug-likeness (QED) is 0.512. The maximum Gasteiger partial charge on any atom is 0.0801 e. The van der Waals surface area contributed by atoms with Crippen molar-refractivity contribution in [2.75, 3.05) is 5.75 Å². The Hall–Kier alpha value is -1.03. The van der Waals surface area contributed by atoms with Crippen molar-refractivity contribution in [2.24, 2.45) is 0 Å². The van der Waals surface area contributed by atoms with E-state index in [1.807, 2.05) is 0 Å². The van der Waals surface area contributed by atoms with Crippen LogP contribution in [0.15, 0.2) is 23.1 Å². The predicted octanol–water partition coefficient (Wildman–Crippen LogP) is 3.59. The molecule has 0 aromatic carbocycles. The van der Waals surface area contributed by atoms with Gasteiger partial charge in [0.1, 0.15) is 0 Å². The van der Waals surface area contributed by atoms with Crippen molar-refractivity contribution < 1.29 is 4.21 Å². The molecule has 1 aliphatic carbocycles. The first kappa shape index (κ1) is 15.0. The fourth-order valence-corrected chi connectivity index (χ4v) is 2.97. The van der Waals surface area contributed by atoms with Crippen LogP contribution in [0.3, 0.4) is 0 Å². The Morgan fingerprint density at radius 1 is 1.00 bits per heavy atom. The van der Waals surface area contributed by atoms with Gasteiger partial charge in [-0.1, -0.05) is 39.0 Å². The Bertz CT molecular complexity index is 397. The Balaban J connectivity index is 2.25. The predicted molar refractivity (Wildman–Crippen MR) is 79.1 cm³/mol. The summed E-state index contributed by atoms with van der Waals surface area (Å²) in [5, 5.41) is 14.9. The van der Waals surface area contributed by atoms with Crippen LogP contribution < -0.4 is 0 Å². The molecular weight excluding hydrogens is 244 g/mol. The molecule has 1 aliphatic rings. The summed E-state index contributed by atoms with van der Waals surface area (Å²) in [5.74, 6) is 0.670. The van der Waals surface area contributed by atoms with Gasteiger partial charge in [0.25, 0.3) is 0 Å². The average molecular weight is 266 g/mol. The molecule has 18 heavy (non-hydrogen) atoms. The molecule has 0 saturated carbocycles. The molecule has 1 unspecified atom stereocenters. The van der Waals surface area contributed by atoms with Crippen molar-refractivity contribution in [1.29, 1.82) is 10.8 Å². The first-order valence-corrected chi connectivity index (χ1v) is 7.92. The minimum atomic E-state index is -1.01. The van der Waals surface area contributed by atoms with Crippen molar-refractivity contribution in [1.82, 2.24) is 0 Å². The van der Waals surface area contributed by atoms with Crippen molar-refractivity contribution >= 4 is 22.2 Å². The Kier molecular flexibility index (Phi) is 6.80. The maximum atomic E-state index is 12.0. The second kappa shape index (κ2) is 8.14. The Morgan fingerprint density at radius 2 is 1.67 bits per heavy atom. The summed E-state index contributed by atoms with van der Waals surface area (Å²) >= 11 is 0. The molecule has 0 bridgehead atoms. The van der Waals surface area contributed by atoms with Crippen molar-refractivity contribution in [3.05, 3.63) is 23.1 Å². The van der Waals surface area contributed by atoms with Gasteiger partial charge in [-0.2, -0.15) is 0 Å². The summed E-state index contributed by atoms with van der Waals surface area (Å²) in [5.41, 5.74) is 0.346. The largest absolute Gasteiger partial charge is 0.299 e. The molecule has 3 nitrogen and oxygen atoms in total. The minimum Gasteiger partial charge on any atom is -0.299 e. The first-order chi connectivity index (χ1) is 8.65. The van der Waals surface area contributed by atoms with Crippen LogP contribution in [0.5, 0.6) is 0 Å². The minimum absolute atomic E-state index is 0.156. The number of rotatable bonds is 8. The van der Waals surface area contributed by atoms with Crippen molar-refractivity contribution in [3.63, 3.8) is 0 Å². The van der Waals surface area contributed by atoms with Gasteiger partial charge in [0.2, 0.25) is 0 Å². The third-order valence-corrected chi connectivity index (χ3v) is 4.38. The lowest BCUT2D eigenvalue weighted by Crippen LogP contribution is -2.13. The molecule has 1 atom stereocenters. The highest BCUT2D eigenvalue weighted by atomic mass is 32.2. The number of allylic oxidation sites excluding steroid dienone is 3. The molecular formula is C14H22N2OS. The number of hydrogen-bond acceptors (Lipinski definition) is 3. The van der Waals surface area contributed by atoms with Crippen LogP contribution in [0.25, 0.3) is 0 Å². The summed E-state index contributed by atoms with van der Waals surface area (Å²) in [4.78, 5) is 0.685. The normalized spacial score (nSPS) is 16.8. The van der Waals surface area contributed by atoms with Crippen LogP contribution in [0.1, 0.15) is 45.4 Å². The van der Waals surface area contributed by atoms with E-state index >= 15 is 0 Å². The van der Waals surface area contributed by atoms with E-state index in [2.05, 4.69) is 6.92 Å². The molecule has 0 aromatic heterocycles. The summed E-state index contributed by atoms with van der Waals surface area (Å²) in [6.07, 6.45) is 11.9. The van der Waals surface area contributed by atoms with E-state index in [1.54, 1.807) is 18.2 Å². The molecule has 0 fully saturated rings. The molecule has 100 valence electrons. The third kappa shape index (κ3) is 5.08. The molecule has 0 spiro atoms. The molecule has 0 radical (unpaired) electrons. The van der Waals surface area contributed by atoms with Gasteiger partial charge in [-0.15, -0.1) is 0 Å². The highest BCUT2D eigenvalue weighted by Gasteiger charge is 2.11. The molecule has 0 aromatic rings. The molecule has 4 heteroatoms. The number of nitrogens with one attached hydrogen (secondary N) is 2. The van der Waals surface area contributed by atoms with Crippen LogP contribution in [-0.4, -0.2) is 21.4 Å². The summed E-state index contributed by atoms with van der Waals surface area (Å²) < 4.78 is 12.0. The van der Waals surface area contributed by atoms with E-state index in [9.17, 15) is 4.21 Å². The van der Waals surface area contributed by atoms with E-state index in [-0.39, 0.29) is 11.4 Å². The molecule has 0 amide bonds. The van der Waals surface area contributed by atoms with E-state index in [0.717, 1.165) is 12.8 Å². The smallest absolute Gasteiger partial charge is 0.0801 e. The van der Waals surface area contributed by atoms with Crippen LogP contribution in [-0.2, 0) is 10.8 Å². The highest BCUT2D eigenvalue weighted by molar-refractivity contribution is 7.89. The first-order valence-electron chi connectivity index (χ1n) is 6.60. The molecule has 2 N–H and O–H groups in total. The summed E-state index contributed by atoms with van der Waals surface area (Å²) in [6, 6.07) is 0. The van der Waals surface area contributed by atoms with Gasteiger partial charge in [-0.05, 0) is 24.6 Å². The lowest BCUT2D eigenvalue weighted by atomic mass is 10.1. The van der Waals surface area contributed by atoms with E-state index in [1.165, 1.54) is 25.7 Å². The zero-order valence-corrected chi connectivity index (χ0v) is 11.8. The molecule has 0 saturated heterocycles. The van der Waals surface area contributed by atoms with E-state index in [4.69, 9.17) is 10.8 Å². The van der Waals surface area contributed by atoms with Crippen LogP contribution >= 0.6 is 0 Å². The number of unbranched alkanes of at least 4 members (excludes halogenated alkanes) is 5. The van der Waals surface area contributed by atoms with Crippen LogP contribution in [0.2, 0.25) is 0 Å². The van der Waals surface area contributed by atoms with E-state index in [0.29, 0.717) is 10.7 Å². The topological polar surface area (TPSA) is 64.8 Å². The maximum absolute atomic E-state index is 12.0. The Morgan fingerprint density at radius 3 is 2.33 bits per heavy atom. The average Bonchev–Trinajstić information content (AvgIpc) is 2.36. The summed E-state index contributed by atoms with van der Waals surface area (Å²) in [7, 11) is -1.01. The van der Waals surface area contributed by atoms with E-state index < -0.39 is 10.8 Å². The van der Waals surface area contributed by atoms with Gasteiger partial charge in [0.05, 0.1) is 22.2 Å². The lowest BCUT2D eigenvalue weighted by molar-refractivity contribution is 0.622. The zero-order valence-electron chi connectivity index (χ0n) is 11.0. The SMILES string of the molecule is CCCCCCCCS(=O)C1=CC(=N)C(=N)C=C1. The van der Waals surface area contributed by atoms with Gasteiger partial charge in [0.15, 0.2) is 0 Å². The fourth-order valence-electron chi connectivity index (χ4n) is 1.80. The van der Waals surface area contributed by atoms with Gasteiger partial charge >= 0.3 is 0 Å². The Labute approximate surface area is 112 Å². The third-order valence-electron chi connectivity index (χ3n) is 2.94. The monoisotopic (exact) mass is 266 g/mol. The summed E-state index contributed by atoms with van der Waals surface area (Å²) in [6.45, 7) is 2.20. The van der Waals surface area contributed by atoms with Gasteiger partial charge in [0, 0.05) is 10.7 Å². The zero-order chi connectivity index (χ0) is 13.4. The van der Waals surface area contributed by atoms with Gasteiger partial charge in [-0.25, -0.2) is 0 Å². The van der Waals surface area contributed by atoms with Gasteiger partial charge in [-0.3, -0.25) is 15.0 Å². The van der Waals surface area contributed by atoms with Crippen molar-refractivity contribution in [3.8, 4) is 0 Å². The van der Waals surface area contributed by atoms with Crippen LogP contribution in [0, 0.1) is 10.8 Å². The van der Waals surface area contributed by atoms with Crippen molar-refractivity contribution in [2.45, 2.75) is 45.4 Å². The second-order valence-corrected chi connectivity index (χ2v) is 6.10. The standard InChI is InChI=1S/C14H22N2OS/c1-2-3-4-5-6-7-10-18(17)12-8-9-13(15)14(16)11-12/h8-9,11,15-16H,2-7,10H2,1H3. The van der Waals surface area contributed by atoms with Gasteiger partial charge < -0.3 is 0 Å². The molecule has 0 heterocycles. The van der Waals surface area contributed by atoms with Crippen LogP contribution in [0.4, 0.5) is 0 Å².